The second-order valence-electron chi connectivity index (χ2n) is 5.48. The minimum absolute atomic E-state index is 0.0948. The molecule has 0 radical (unpaired) electrons. The zero-order chi connectivity index (χ0) is 15.6. The van der Waals surface area contributed by atoms with E-state index in [1.807, 2.05) is 13.8 Å². The van der Waals surface area contributed by atoms with Crippen molar-refractivity contribution in [1.29, 1.82) is 0 Å². The number of amides is 2. The van der Waals surface area contributed by atoms with Crippen LogP contribution in [0.1, 0.15) is 39.2 Å². The van der Waals surface area contributed by atoms with Crippen molar-refractivity contribution in [2.24, 2.45) is 0 Å². The van der Waals surface area contributed by atoms with Gasteiger partial charge in [0.25, 0.3) is 0 Å². The summed E-state index contributed by atoms with van der Waals surface area (Å²) in [5, 5.41) is 2.76. The van der Waals surface area contributed by atoms with Crippen LogP contribution in [0.25, 0.3) is 0 Å². The van der Waals surface area contributed by atoms with Crippen molar-refractivity contribution >= 4 is 11.8 Å². The molecule has 2 amide bonds. The van der Waals surface area contributed by atoms with E-state index in [0.29, 0.717) is 19.4 Å². The summed E-state index contributed by atoms with van der Waals surface area (Å²) in [5.74, 6) is -0.517. The molecule has 1 aromatic rings. The Bertz CT molecular complexity index is 538. The number of hydrogen-bond donors (Lipinski definition) is 1. The Morgan fingerprint density at radius 1 is 1.19 bits per heavy atom. The van der Waals surface area contributed by atoms with E-state index in [9.17, 15) is 14.0 Å². The third kappa shape index (κ3) is 2.64. The van der Waals surface area contributed by atoms with Crippen LogP contribution in [0.4, 0.5) is 4.39 Å². The number of nitrogens with one attached hydrogen (secondary N) is 1. The van der Waals surface area contributed by atoms with Gasteiger partial charge in [0.2, 0.25) is 11.8 Å². The fraction of sp³-hybridized carbons (Fsp3) is 0.500. The standard InChI is InChI=1S/C16H21FN2O2/c1-4-16(5-2)15(21)18-11(3)14(20)19(16)10-12-6-8-13(17)9-7-12/h6-9,11H,4-5,10H2,1-3H3,(H,18,21). The van der Waals surface area contributed by atoms with Crippen LogP contribution >= 0.6 is 0 Å². The Morgan fingerprint density at radius 2 is 1.76 bits per heavy atom. The van der Waals surface area contributed by atoms with Crippen LogP contribution in [0.2, 0.25) is 0 Å². The summed E-state index contributed by atoms with van der Waals surface area (Å²) in [4.78, 5) is 26.6. The van der Waals surface area contributed by atoms with Crippen LogP contribution in [-0.4, -0.2) is 28.3 Å². The summed E-state index contributed by atoms with van der Waals surface area (Å²) in [5.41, 5.74) is -0.00393. The third-order valence-electron chi connectivity index (χ3n) is 4.35. The summed E-state index contributed by atoms with van der Waals surface area (Å²) in [6.45, 7) is 5.82. The number of benzene rings is 1. The second kappa shape index (κ2) is 5.84. The van der Waals surface area contributed by atoms with Crippen LogP contribution < -0.4 is 5.32 Å². The molecular weight excluding hydrogens is 271 g/mol. The van der Waals surface area contributed by atoms with E-state index in [4.69, 9.17) is 0 Å². The highest BCUT2D eigenvalue weighted by Gasteiger charge is 2.48. The third-order valence-corrected chi connectivity index (χ3v) is 4.35. The molecule has 1 aromatic carbocycles. The van der Waals surface area contributed by atoms with E-state index in [0.717, 1.165) is 5.56 Å². The van der Waals surface area contributed by atoms with Crippen molar-refractivity contribution in [1.82, 2.24) is 10.2 Å². The summed E-state index contributed by atoms with van der Waals surface area (Å²) >= 11 is 0. The molecule has 21 heavy (non-hydrogen) atoms. The smallest absolute Gasteiger partial charge is 0.246 e. The number of hydrogen-bond acceptors (Lipinski definition) is 2. The lowest BCUT2D eigenvalue weighted by molar-refractivity contribution is -0.158. The van der Waals surface area contributed by atoms with E-state index < -0.39 is 11.6 Å². The first kappa shape index (κ1) is 15.5. The molecule has 1 saturated heterocycles. The molecule has 114 valence electrons. The number of rotatable bonds is 4. The fourth-order valence-electron chi connectivity index (χ4n) is 2.91. The molecule has 1 fully saturated rings. The lowest BCUT2D eigenvalue weighted by atomic mass is 9.85. The van der Waals surface area contributed by atoms with Gasteiger partial charge in [-0.3, -0.25) is 9.59 Å². The molecule has 4 nitrogen and oxygen atoms in total. The zero-order valence-corrected chi connectivity index (χ0v) is 12.6. The van der Waals surface area contributed by atoms with Gasteiger partial charge in [-0.2, -0.15) is 0 Å². The molecule has 0 bridgehead atoms. The van der Waals surface area contributed by atoms with Gasteiger partial charge in [-0.05, 0) is 37.5 Å². The lowest BCUT2D eigenvalue weighted by Crippen LogP contribution is -2.69. The average molecular weight is 292 g/mol. The summed E-state index contributed by atoms with van der Waals surface area (Å²) in [6.07, 6.45) is 1.10. The lowest BCUT2D eigenvalue weighted by Gasteiger charge is -2.47. The van der Waals surface area contributed by atoms with Crippen molar-refractivity contribution in [3.8, 4) is 0 Å². The summed E-state index contributed by atoms with van der Waals surface area (Å²) in [7, 11) is 0. The maximum absolute atomic E-state index is 13.0. The Morgan fingerprint density at radius 3 is 2.29 bits per heavy atom. The molecule has 1 aliphatic rings. The Labute approximate surface area is 124 Å². The van der Waals surface area contributed by atoms with Gasteiger partial charge in [0.15, 0.2) is 0 Å². The molecule has 1 unspecified atom stereocenters. The van der Waals surface area contributed by atoms with Gasteiger partial charge >= 0.3 is 0 Å². The second-order valence-corrected chi connectivity index (χ2v) is 5.48. The van der Waals surface area contributed by atoms with E-state index in [1.165, 1.54) is 12.1 Å². The molecular formula is C16H21FN2O2. The molecule has 1 aliphatic heterocycles. The molecule has 0 spiro atoms. The zero-order valence-electron chi connectivity index (χ0n) is 12.6. The molecule has 5 heteroatoms. The minimum Gasteiger partial charge on any atom is -0.343 e. The van der Waals surface area contributed by atoms with Gasteiger partial charge in [0, 0.05) is 6.54 Å². The predicted molar refractivity (Wildman–Crippen MR) is 77.9 cm³/mol. The first-order chi connectivity index (χ1) is 9.94. The highest BCUT2D eigenvalue weighted by Crippen LogP contribution is 2.30. The first-order valence-corrected chi connectivity index (χ1v) is 7.31. The quantitative estimate of drug-likeness (QED) is 0.925. The van der Waals surface area contributed by atoms with Crippen molar-refractivity contribution in [2.45, 2.75) is 51.7 Å². The summed E-state index contributed by atoms with van der Waals surface area (Å²) in [6, 6.07) is 5.51. The number of carbonyl (C=O) groups is 2. The molecule has 0 aromatic heterocycles. The molecule has 0 saturated carbocycles. The van der Waals surface area contributed by atoms with Gasteiger partial charge in [-0.1, -0.05) is 26.0 Å². The topological polar surface area (TPSA) is 49.4 Å². The molecule has 1 atom stereocenters. The molecule has 0 aliphatic carbocycles. The number of carbonyl (C=O) groups excluding carboxylic acids is 2. The normalized spacial score (nSPS) is 21.3. The number of halogens is 1. The highest BCUT2D eigenvalue weighted by atomic mass is 19.1. The van der Waals surface area contributed by atoms with E-state index in [2.05, 4.69) is 5.32 Å². The van der Waals surface area contributed by atoms with Gasteiger partial charge < -0.3 is 10.2 Å². The number of nitrogens with zero attached hydrogens (tertiary/aromatic N) is 1. The molecule has 2 rings (SSSR count). The van der Waals surface area contributed by atoms with Gasteiger partial charge in [-0.15, -0.1) is 0 Å². The predicted octanol–water partition coefficient (Wildman–Crippen LogP) is 2.23. The van der Waals surface area contributed by atoms with Crippen molar-refractivity contribution in [3.05, 3.63) is 35.6 Å². The van der Waals surface area contributed by atoms with Crippen LogP contribution in [0.3, 0.4) is 0 Å². The van der Waals surface area contributed by atoms with E-state index >= 15 is 0 Å². The molecule has 1 heterocycles. The highest BCUT2D eigenvalue weighted by molar-refractivity contribution is 5.99. The fourth-order valence-corrected chi connectivity index (χ4v) is 2.91. The van der Waals surface area contributed by atoms with Crippen molar-refractivity contribution in [3.63, 3.8) is 0 Å². The Hall–Kier alpha value is -1.91. The Balaban J connectivity index is 2.36. The van der Waals surface area contributed by atoms with Gasteiger partial charge in [0.05, 0.1) is 0 Å². The van der Waals surface area contributed by atoms with E-state index in [-0.39, 0.29) is 17.6 Å². The van der Waals surface area contributed by atoms with Crippen LogP contribution in [0, 0.1) is 5.82 Å². The van der Waals surface area contributed by atoms with Crippen molar-refractivity contribution in [2.75, 3.05) is 0 Å². The SMILES string of the molecule is CCC1(CC)C(=O)NC(C)C(=O)N1Cc1ccc(F)cc1. The average Bonchev–Trinajstić information content (AvgIpc) is 2.48. The van der Waals surface area contributed by atoms with Gasteiger partial charge in [0.1, 0.15) is 17.4 Å². The van der Waals surface area contributed by atoms with Gasteiger partial charge in [-0.25, -0.2) is 4.39 Å². The maximum atomic E-state index is 13.0. The molecule has 1 N–H and O–H groups in total. The van der Waals surface area contributed by atoms with Crippen LogP contribution in [0.15, 0.2) is 24.3 Å². The first-order valence-electron chi connectivity index (χ1n) is 7.31. The largest absolute Gasteiger partial charge is 0.343 e. The number of piperazine rings is 1. The summed E-state index contributed by atoms with van der Waals surface area (Å²) < 4.78 is 13.0. The Kier molecular flexibility index (Phi) is 4.30. The van der Waals surface area contributed by atoms with Crippen LogP contribution in [-0.2, 0) is 16.1 Å². The van der Waals surface area contributed by atoms with E-state index in [1.54, 1.807) is 24.0 Å². The minimum atomic E-state index is -0.821. The van der Waals surface area contributed by atoms with Crippen molar-refractivity contribution < 1.29 is 14.0 Å². The monoisotopic (exact) mass is 292 g/mol. The maximum Gasteiger partial charge on any atom is 0.246 e. The van der Waals surface area contributed by atoms with Crippen LogP contribution in [0.5, 0.6) is 0 Å².